The molecular weight excluding hydrogens is 160 g/mol. The lowest BCUT2D eigenvalue weighted by Gasteiger charge is -2.22. The van der Waals surface area contributed by atoms with E-state index in [0.29, 0.717) is 0 Å². The summed E-state index contributed by atoms with van der Waals surface area (Å²) in [6.45, 7) is 7.89. The molecule has 0 fully saturated rings. The first-order valence-electron chi connectivity index (χ1n) is 5.54. The van der Waals surface area contributed by atoms with Gasteiger partial charge in [0.1, 0.15) is 0 Å². The second-order valence-electron chi connectivity index (χ2n) is 3.83. The van der Waals surface area contributed by atoms with Gasteiger partial charge in [0.05, 0.1) is 5.60 Å². The fourth-order valence-electron chi connectivity index (χ4n) is 1.46. The van der Waals surface area contributed by atoms with Crippen molar-refractivity contribution in [3.63, 3.8) is 0 Å². The molecule has 0 aromatic heterocycles. The molecule has 0 aliphatic heterocycles. The summed E-state index contributed by atoms with van der Waals surface area (Å²) in [6.07, 6.45) is 9.60. The highest BCUT2D eigenvalue weighted by Crippen LogP contribution is 2.20. The average Bonchev–Trinajstić information content (AvgIpc) is 2.17. The lowest BCUT2D eigenvalue weighted by atomic mass is 9.93. The van der Waals surface area contributed by atoms with Crippen LogP contribution in [-0.2, 0) is 0 Å². The molecule has 0 saturated carbocycles. The highest BCUT2D eigenvalue weighted by molar-refractivity contribution is 4.94. The first-order valence-corrected chi connectivity index (χ1v) is 5.54. The summed E-state index contributed by atoms with van der Waals surface area (Å²) in [5.41, 5.74) is -0.605. The number of hydrogen-bond acceptors (Lipinski definition) is 1. The van der Waals surface area contributed by atoms with Gasteiger partial charge < -0.3 is 5.11 Å². The Bertz CT molecular complexity index is 131. The maximum absolute atomic E-state index is 9.87. The Hall–Kier alpha value is -0.300. The molecule has 1 unspecified atom stereocenters. The molecule has 78 valence electrons. The van der Waals surface area contributed by atoms with Crippen molar-refractivity contribution in [2.45, 2.75) is 64.4 Å². The zero-order valence-corrected chi connectivity index (χ0v) is 9.18. The molecule has 1 atom stereocenters. The van der Waals surface area contributed by atoms with Crippen molar-refractivity contribution in [3.05, 3.63) is 12.7 Å². The van der Waals surface area contributed by atoms with Crippen LogP contribution in [0, 0.1) is 0 Å². The van der Waals surface area contributed by atoms with E-state index in [-0.39, 0.29) is 0 Å². The first kappa shape index (κ1) is 12.7. The van der Waals surface area contributed by atoms with E-state index in [1.54, 1.807) is 6.08 Å². The van der Waals surface area contributed by atoms with E-state index in [4.69, 9.17) is 0 Å². The Morgan fingerprint density at radius 3 is 2.23 bits per heavy atom. The van der Waals surface area contributed by atoms with Gasteiger partial charge in [0.15, 0.2) is 0 Å². The molecule has 0 spiro atoms. The molecule has 0 rings (SSSR count). The van der Waals surface area contributed by atoms with Crippen LogP contribution in [0.5, 0.6) is 0 Å². The van der Waals surface area contributed by atoms with Gasteiger partial charge in [0.2, 0.25) is 0 Å². The van der Waals surface area contributed by atoms with Gasteiger partial charge >= 0.3 is 0 Å². The maximum Gasteiger partial charge on any atom is 0.0822 e. The van der Waals surface area contributed by atoms with E-state index in [9.17, 15) is 5.11 Å². The van der Waals surface area contributed by atoms with Crippen LogP contribution in [0.4, 0.5) is 0 Å². The van der Waals surface area contributed by atoms with Gasteiger partial charge in [-0.05, 0) is 12.8 Å². The summed E-state index contributed by atoms with van der Waals surface area (Å²) in [6, 6.07) is 0. The molecule has 0 aromatic carbocycles. The van der Waals surface area contributed by atoms with Crippen LogP contribution in [0.2, 0.25) is 0 Å². The monoisotopic (exact) mass is 184 g/mol. The normalized spacial score (nSPS) is 15.3. The zero-order valence-electron chi connectivity index (χ0n) is 9.18. The van der Waals surface area contributed by atoms with Crippen LogP contribution in [0.3, 0.4) is 0 Å². The number of aliphatic hydroxyl groups is 1. The third-order valence-corrected chi connectivity index (χ3v) is 2.71. The summed E-state index contributed by atoms with van der Waals surface area (Å²) in [5, 5.41) is 9.87. The van der Waals surface area contributed by atoms with Crippen molar-refractivity contribution in [2.24, 2.45) is 0 Å². The minimum Gasteiger partial charge on any atom is -0.386 e. The molecule has 0 amide bonds. The van der Waals surface area contributed by atoms with Crippen molar-refractivity contribution in [2.75, 3.05) is 0 Å². The lowest BCUT2D eigenvalue weighted by molar-refractivity contribution is 0.0747. The van der Waals surface area contributed by atoms with Gasteiger partial charge in [-0.25, -0.2) is 0 Å². The van der Waals surface area contributed by atoms with Crippen LogP contribution >= 0.6 is 0 Å². The summed E-state index contributed by atoms with van der Waals surface area (Å²) < 4.78 is 0. The predicted octanol–water partition coefficient (Wildman–Crippen LogP) is 3.67. The minimum atomic E-state index is -0.605. The molecule has 13 heavy (non-hydrogen) atoms. The number of unbranched alkanes of at least 4 members (excludes halogenated alkanes) is 4. The van der Waals surface area contributed by atoms with Gasteiger partial charge in [-0.2, -0.15) is 0 Å². The van der Waals surface area contributed by atoms with Gasteiger partial charge in [-0.1, -0.05) is 52.0 Å². The van der Waals surface area contributed by atoms with Crippen LogP contribution < -0.4 is 0 Å². The van der Waals surface area contributed by atoms with E-state index in [0.717, 1.165) is 19.3 Å². The standard InChI is InChI=1S/C12H24O/c1-4-7-8-9-10-11-12(13,5-2)6-3/h5,13H,2,4,6-11H2,1,3H3. The molecule has 0 bridgehead atoms. The lowest BCUT2D eigenvalue weighted by Crippen LogP contribution is -2.23. The minimum absolute atomic E-state index is 0.605. The van der Waals surface area contributed by atoms with Gasteiger partial charge in [0, 0.05) is 0 Å². The molecule has 0 saturated heterocycles. The topological polar surface area (TPSA) is 20.2 Å². The fraction of sp³-hybridized carbons (Fsp3) is 0.833. The van der Waals surface area contributed by atoms with Crippen LogP contribution in [0.15, 0.2) is 12.7 Å². The van der Waals surface area contributed by atoms with Gasteiger partial charge in [-0.3, -0.25) is 0 Å². The fourth-order valence-corrected chi connectivity index (χ4v) is 1.46. The van der Waals surface area contributed by atoms with Gasteiger partial charge in [-0.15, -0.1) is 6.58 Å². The van der Waals surface area contributed by atoms with E-state index < -0.39 is 5.60 Å². The molecule has 1 nitrogen and oxygen atoms in total. The molecule has 0 aliphatic rings. The van der Waals surface area contributed by atoms with Crippen LogP contribution in [0.25, 0.3) is 0 Å². The van der Waals surface area contributed by atoms with Crippen molar-refractivity contribution < 1.29 is 5.11 Å². The van der Waals surface area contributed by atoms with Crippen molar-refractivity contribution in [1.29, 1.82) is 0 Å². The quantitative estimate of drug-likeness (QED) is 0.451. The molecule has 0 aromatic rings. The summed E-state index contributed by atoms with van der Waals surface area (Å²) in [7, 11) is 0. The second-order valence-corrected chi connectivity index (χ2v) is 3.83. The third kappa shape index (κ3) is 5.87. The smallest absolute Gasteiger partial charge is 0.0822 e. The highest BCUT2D eigenvalue weighted by Gasteiger charge is 2.18. The summed E-state index contributed by atoms with van der Waals surface area (Å²) in [5.74, 6) is 0. The molecule has 1 N–H and O–H groups in total. The van der Waals surface area contributed by atoms with Crippen molar-refractivity contribution in [1.82, 2.24) is 0 Å². The van der Waals surface area contributed by atoms with Gasteiger partial charge in [0.25, 0.3) is 0 Å². The van der Waals surface area contributed by atoms with Crippen LogP contribution in [0.1, 0.15) is 58.8 Å². The second kappa shape index (κ2) is 7.14. The molecule has 0 heterocycles. The Morgan fingerprint density at radius 1 is 1.15 bits per heavy atom. The average molecular weight is 184 g/mol. The SMILES string of the molecule is C=CC(O)(CC)CCCCCCC. The highest BCUT2D eigenvalue weighted by atomic mass is 16.3. The summed E-state index contributed by atoms with van der Waals surface area (Å²) in [4.78, 5) is 0. The largest absolute Gasteiger partial charge is 0.386 e. The van der Waals surface area contributed by atoms with E-state index in [1.807, 2.05) is 6.92 Å². The number of hydrogen-bond donors (Lipinski definition) is 1. The Kier molecular flexibility index (Phi) is 6.97. The third-order valence-electron chi connectivity index (χ3n) is 2.71. The maximum atomic E-state index is 9.87. The predicted molar refractivity (Wildman–Crippen MR) is 58.8 cm³/mol. The molecular formula is C12H24O. The van der Waals surface area contributed by atoms with E-state index in [1.165, 1.54) is 25.7 Å². The Morgan fingerprint density at radius 2 is 1.77 bits per heavy atom. The van der Waals surface area contributed by atoms with E-state index in [2.05, 4.69) is 13.5 Å². The first-order chi connectivity index (χ1) is 6.18. The zero-order chi connectivity index (χ0) is 10.2. The Labute approximate surface area is 82.9 Å². The summed E-state index contributed by atoms with van der Waals surface area (Å²) >= 11 is 0. The molecule has 0 radical (unpaired) electrons. The van der Waals surface area contributed by atoms with Crippen molar-refractivity contribution >= 4 is 0 Å². The number of rotatable bonds is 8. The molecule has 1 heteroatoms. The van der Waals surface area contributed by atoms with Crippen molar-refractivity contribution in [3.8, 4) is 0 Å². The Balaban J connectivity index is 3.44. The van der Waals surface area contributed by atoms with E-state index >= 15 is 0 Å². The van der Waals surface area contributed by atoms with Crippen LogP contribution in [-0.4, -0.2) is 10.7 Å². The molecule has 0 aliphatic carbocycles.